The van der Waals surface area contributed by atoms with E-state index in [2.05, 4.69) is 25.2 Å². The Morgan fingerprint density at radius 2 is 2.06 bits per heavy atom. The van der Waals surface area contributed by atoms with E-state index in [9.17, 15) is 9.59 Å². The lowest BCUT2D eigenvalue weighted by Crippen LogP contribution is -2.54. The molecule has 3 aromatic rings. The highest BCUT2D eigenvalue weighted by Gasteiger charge is 2.32. The molecule has 11 heteroatoms. The largest absolute Gasteiger partial charge is 0.444 e. The number of aromatic nitrogens is 4. The molecule has 1 aliphatic rings. The van der Waals surface area contributed by atoms with Gasteiger partial charge in [-0.2, -0.15) is 0 Å². The third-order valence-corrected chi connectivity index (χ3v) is 5.52. The molecule has 0 unspecified atom stereocenters. The van der Waals surface area contributed by atoms with Crippen molar-refractivity contribution in [2.45, 2.75) is 39.3 Å². The van der Waals surface area contributed by atoms with Crippen LogP contribution in [0.25, 0.3) is 16.9 Å². The smallest absolute Gasteiger partial charge is 0.410 e. The Bertz CT molecular complexity index is 1190. The summed E-state index contributed by atoms with van der Waals surface area (Å²) < 4.78 is 7.29. The number of halogens is 1. The minimum Gasteiger partial charge on any atom is -0.444 e. The first-order valence-electron chi connectivity index (χ1n) is 10.6. The molecule has 1 fully saturated rings. The number of nitrogens with zero attached hydrogens (tertiary/aromatic N) is 6. The number of amides is 2. The third-order valence-electron chi connectivity index (χ3n) is 5.28. The van der Waals surface area contributed by atoms with Crippen LogP contribution in [0.4, 0.5) is 16.3 Å². The van der Waals surface area contributed by atoms with Gasteiger partial charge < -0.3 is 19.9 Å². The molecule has 174 valence electrons. The number of pyridine rings is 1. The van der Waals surface area contributed by atoms with E-state index >= 15 is 0 Å². The molecule has 1 atom stereocenters. The Kier molecular flexibility index (Phi) is 6.11. The van der Waals surface area contributed by atoms with E-state index in [1.807, 2.05) is 27.7 Å². The van der Waals surface area contributed by atoms with Gasteiger partial charge in [0.1, 0.15) is 23.6 Å². The van der Waals surface area contributed by atoms with E-state index in [1.54, 1.807) is 34.0 Å². The van der Waals surface area contributed by atoms with Crippen LogP contribution in [-0.2, 0) is 9.53 Å². The molecule has 1 N–H and O–H groups in total. The molecule has 3 aromatic heterocycles. The number of fused-ring (bicyclic) bond motifs is 1. The molecule has 4 heterocycles. The zero-order chi connectivity index (χ0) is 23.8. The van der Waals surface area contributed by atoms with Crippen molar-refractivity contribution in [1.82, 2.24) is 24.4 Å². The van der Waals surface area contributed by atoms with Crippen LogP contribution in [0, 0.1) is 0 Å². The second-order valence-electron chi connectivity index (χ2n) is 8.87. The normalized spacial score (nSPS) is 16.7. The van der Waals surface area contributed by atoms with Gasteiger partial charge >= 0.3 is 6.09 Å². The van der Waals surface area contributed by atoms with Crippen LogP contribution in [0.1, 0.15) is 27.7 Å². The van der Waals surface area contributed by atoms with Gasteiger partial charge in [-0.3, -0.25) is 9.36 Å². The molecule has 0 aromatic carbocycles. The lowest BCUT2D eigenvalue weighted by atomic mass is 10.1. The van der Waals surface area contributed by atoms with Crippen LogP contribution in [0.15, 0.2) is 30.9 Å². The van der Waals surface area contributed by atoms with E-state index in [0.29, 0.717) is 59.4 Å². The maximum atomic E-state index is 12.5. The summed E-state index contributed by atoms with van der Waals surface area (Å²) in [5.41, 5.74) is 0.586. The van der Waals surface area contributed by atoms with Crippen LogP contribution < -0.4 is 10.2 Å². The second-order valence-corrected chi connectivity index (χ2v) is 9.31. The number of piperazine rings is 1. The van der Waals surface area contributed by atoms with Crippen molar-refractivity contribution >= 4 is 46.6 Å². The van der Waals surface area contributed by atoms with Gasteiger partial charge in [0.25, 0.3) is 0 Å². The van der Waals surface area contributed by atoms with E-state index < -0.39 is 5.60 Å². The fraction of sp³-hybridized carbons (Fsp3) is 0.409. The molecule has 33 heavy (non-hydrogen) atoms. The third kappa shape index (κ3) is 4.70. The molecule has 4 rings (SSSR count). The van der Waals surface area contributed by atoms with Crippen molar-refractivity contribution in [2.75, 3.05) is 29.9 Å². The first kappa shape index (κ1) is 22.8. The Labute approximate surface area is 196 Å². The highest BCUT2D eigenvalue weighted by Crippen LogP contribution is 2.35. The van der Waals surface area contributed by atoms with Gasteiger partial charge in [-0.15, -0.1) is 0 Å². The zero-order valence-corrected chi connectivity index (χ0v) is 19.7. The van der Waals surface area contributed by atoms with Crippen LogP contribution in [0.3, 0.4) is 0 Å². The van der Waals surface area contributed by atoms with Gasteiger partial charge in [-0.25, -0.2) is 19.7 Å². The number of nitrogens with one attached hydrogen (secondary N) is 1. The maximum absolute atomic E-state index is 12.5. The average Bonchev–Trinajstić information content (AvgIpc) is 3.12. The molecule has 0 spiro atoms. The van der Waals surface area contributed by atoms with Crippen molar-refractivity contribution in [3.05, 3.63) is 35.9 Å². The van der Waals surface area contributed by atoms with E-state index in [4.69, 9.17) is 16.3 Å². The van der Waals surface area contributed by atoms with E-state index in [-0.39, 0.29) is 12.1 Å². The van der Waals surface area contributed by atoms with Gasteiger partial charge in [0.2, 0.25) is 6.41 Å². The maximum Gasteiger partial charge on any atom is 0.410 e. The quantitative estimate of drug-likeness (QED) is 0.580. The summed E-state index contributed by atoms with van der Waals surface area (Å²) in [6.07, 6.45) is 5.12. The van der Waals surface area contributed by atoms with Gasteiger partial charge in [-0.05, 0) is 33.8 Å². The van der Waals surface area contributed by atoms with Crippen LogP contribution in [0.2, 0.25) is 5.02 Å². The molecule has 0 radical (unpaired) electrons. The number of hydrogen-bond acceptors (Lipinski definition) is 7. The van der Waals surface area contributed by atoms with Crippen molar-refractivity contribution in [1.29, 1.82) is 0 Å². The van der Waals surface area contributed by atoms with Crippen molar-refractivity contribution < 1.29 is 14.3 Å². The summed E-state index contributed by atoms with van der Waals surface area (Å²) >= 11 is 6.16. The average molecular weight is 472 g/mol. The summed E-state index contributed by atoms with van der Waals surface area (Å²) in [4.78, 5) is 41.1. The Morgan fingerprint density at radius 1 is 1.27 bits per heavy atom. The molecular weight excluding hydrogens is 446 g/mol. The number of anilines is 2. The molecule has 0 saturated carbocycles. The lowest BCUT2D eigenvalue weighted by molar-refractivity contribution is -0.105. The summed E-state index contributed by atoms with van der Waals surface area (Å²) in [5, 5.41) is 3.97. The first-order valence-corrected chi connectivity index (χ1v) is 11.0. The first-order chi connectivity index (χ1) is 15.7. The molecule has 0 aliphatic carbocycles. The van der Waals surface area contributed by atoms with Crippen LogP contribution >= 0.6 is 11.6 Å². The number of hydrogen-bond donors (Lipinski definition) is 1. The van der Waals surface area contributed by atoms with Crippen molar-refractivity contribution in [3.8, 4) is 5.82 Å². The summed E-state index contributed by atoms with van der Waals surface area (Å²) in [6, 6.07) is 3.37. The number of rotatable bonds is 4. The van der Waals surface area contributed by atoms with Crippen LogP contribution in [0.5, 0.6) is 0 Å². The van der Waals surface area contributed by atoms with Crippen LogP contribution in [-0.4, -0.2) is 68.2 Å². The molecule has 10 nitrogen and oxygen atoms in total. The number of carbonyl (C=O) groups excluding carboxylic acids is 2. The topological polar surface area (TPSA) is 105 Å². The van der Waals surface area contributed by atoms with Gasteiger partial charge in [0, 0.05) is 49.2 Å². The fourth-order valence-electron chi connectivity index (χ4n) is 3.90. The summed E-state index contributed by atoms with van der Waals surface area (Å²) in [5.74, 6) is 1.24. The number of ether oxygens (including phenoxy) is 1. The molecule has 1 saturated heterocycles. The highest BCUT2D eigenvalue weighted by molar-refractivity contribution is 6.30. The van der Waals surface area contributed by atoms with Crippen molar-refractivity contribution in [2.24, 2.45) is 0 Å². The molecular formula is C22H26ClN7O3. The fourth-order valence-corrected chi connectivity index (χ4v) is 4.05. The predicted molar refractivity (Wildman–Crippen MR) is 126 cm³/mol. The Morgan fingerprint density at radius 3 is 2.73 bits per heavy atom. The predicted octanol–water partition coefficient (Wildman–Crippen LogP) is 3.48. The van der Waals surface area contributed by atoms with E-state index in [0.717, 1.165) is 0 Å². The standard InChI is InChI=1S/C22H26ClN7O3/c1-14-10-28(21(32)33-22(2,3)4)7-8-29(14)19-18-16(27-13-31)11-30(20(18)26-12-25-19)17-9-15(23)5-6-24-17/h5-6,9,11-14H,7-8,10H2,1-4H3,(H,27,31)/t14-/m0/s1. The van der Waals surface area contributed by atoms with Gasteiger partial charge in [0.05, 0.1) is 11.1 Å². The summed E-state index contributed by atoms with van der Waals surface area (Å²) in [7, 11) is 0. The lowest BCUT2D eigenvalue weighted by Gasteiger charge is -2.41. The van der Waals surface area contributed by atoms with Crippen molar-refractivity contribution in [3.63, 3.8) is 0 Å². The SMILES string of the molecule is C[C@H]1CN(C(=O)OC(C)(C)C)CCN1c1ncnc2c1c(NC=O)cn2-c1cc(Cl)ccn1. The van der Waals surface area contributed by atoms with E-state index in [1.165, 1.54) is 6.33 Å². The highest BCUT2D eigenvalue weighted by atomic mass is 35.5. The molecule has 1 aliphatic heterocycles. The Hall–Kier alpha value is -3.40. The molecule has 2 amide bonds. The van der Waals surface area contributed by atoms with Gasteiger partial charge in [0.15, 0.2) is 5.65 Å². The Balaban J connectivity index is 1.70. The minimum atomic E-state index is -0.553. The number of carbonyl (C=O) groups is 2. The van der Waals surface area contributed by atoms with Gasteiger partial charge in [-0.1, -0.05) is 11.6 Å². The zero-order valence-electron chi connectivity index (χ0n) is 18.9. The molecule has 0 bridgehead atoms. The monoisotopic (exact) mass is 471 g/mol. The minimum absolute atomic E-state index is 0.0407. The summed E-state index contributed by atoms with van der Waals surface area (Å²) in [6.45, 7) is 9.08. The second kappa shape index (κ2) is 8.86.